The van der Waals surface area contributed by atoms with Gasteiger partial charge in [0, 0.05) is 23.6 Å². The third kappa shape index (κ3) is 6.00. The minimum absolute atomic E-state index is 0.00963. The molecule has 1 aromatic carbocycles. The zero-order valence-corrected chi connectivity index (χ0v) is 22.4. The van der Waals surface area contributed by atoms with Crippen LogP contribution in [-0.4, -0.2) is 45.9 Å². The molecule has 0 fully saturated rings. The molecule has 0 bridgehead atoms. The van der Waals surface area contributed by atoms with E-state index in [1.807, 2.05) is 0 Å². The van der Waals surface area contributed by atoms with Crippen LogP contribution in [0.25, 0.3) is 10.2 Å². The molecule has 2 heterocycles. The highest BCUT2D eigenvalue weighted by Crippen LogP contribution is 2.38. The van der Waals surface area contributed by atoms with Crippen molar-refractivity contribution in [3.63, 3.8) is 0 Å². The van der Waals surface area contributed by atoms with Crippen LogP contribution in [0.3, 0.4) is 0 Å². The van der Waals surface area contributed by atoms with Gasteiger partial charge in [-0.05, 0) is 37.3 Å². The van der Waals surface area contributed by atoms with Crippen molar-refractivity contribution in [3.8, 4) is 0 Å². The number of nitro groups is 1. The second-order valence-corrected chi connectivity index (χ2v) is 11.2. The number of methoxy groups -OCH3 is 1. The standard InChI is InChI=1S/C24H24N4O6S3/c1-3-10-27-16-9-8-14(28(32)33)11-18(16)37-24(27)26-20(30)13-35-12-19(29)25-22-21(23(31)34-2)15-6-4-5-7-17(15)36-22/h3,8-9,11H,1,4-7,10,12-13H2,2H3,(H,25,29). The number of aryl methyl sites for hydroxylation is 1. The van der Waals surface area contributed by atoms with Crippen molar-refractivity contribution in [2.24, 2.45) is 4.99 Å². The molecule has 0 saturated heterocycles. The maximum Gasteiger partial charge on any atom is 0.341 e. The molecular weight excluding hydrogens is 536 g/mol. The molecule has 1 aliphatic rings. The number of esters is 1. The Balaban J connectivity index is 1.43. The molecule has 0 radical (unpaired) electrons. The summed E-state index contributed by atoms with van der Waals surface area (Å²) in [4.78, 5) is 53.8. The number of benzene rings is 1. The first-order chi connectivity index (χ1) is 17.8. The Morgan fingerprint density at radius 1 is 1.27 bits per heavy atom. The third-order valence-corrected chi connectivity index (χ3v) is 8.85. The van der Waals surface area contributed by atoms with Gasteiger partial charge in [-0.15, -0.1) is 29.7 Å². The Morgan fingerprint density at radius 2 is 2.05 bits per heavy atom. The maximum absolute atomic E-state index is 12.6. The average molecular weight is 561 g/mol. The van der Waals surface area contributed by atoms with Gasteiger partial charge in [0.25, 0.3) is 11.6 Å². The summed E-state index contributed by atoms with van der Waals surface area (Å²) in [6.07, 6.45) is 5.36. The van der Waals surface area contributed by atoms with Crippen LogP contribution in [0.4, 0.5) is 10.7 Å². The summed E-state index contributed by atoms with van der Waals surface area (Å²) >= 11 is 3.70. The average Bonchev–Trinajstić information content (AvgIpc) is 3.40. The van der Waals surface area contributed by atoms with Crippen molar-refractivity contribution in [1.82, 2.24) is 4.57 Å². The lowest BCUT2D eigenvalue weighted by atomic mass is 9.95. The summed E-state index contributed by atoms with van der Waals surface area (Å²) in [7, 11) is 1.32. The molecule has 10 nitrogen and oxygen atoms in total. The number of ether oxygens (including phenoxy) is 1. The van der Waals surface area contributed by atoms with E-state index in [4.69, 9.17) is 4.74 Å². The van der Waals surface area contributed by atoms with Crippen molar-refractivity contribution in [2.75, 3.05) is 23.9 Å². The highest BCUT2D eigenvalue weighted by molar-refractivity contribution is 8.00. The molecule has 2 aromatic heterocycles. The number of thioether (sulfide) groups is 1. The van der Waals surface area contributed by atoms with E-state index in [1.54, 1.807) is 16.7 Å². The number of carbonyl (C=O) groups is 3. The zero-order valence-electron chi connectivity index (χ0n) is 20.0. The Bertz CT molecular complexity index is 1470. The predicted molar refractivity (Wildman–Crippen MR) is 145 cm³/mol. The Labute approximate surface area is 224 Å². The quantitative estimate of drug-likeness (QED) is 0.178. The topological polar surface area (TPSA) is 133 Å². The van der Waals surface area contributed by atoms with Crippen molar-refractivity contribution in [1.29, 1.82) is 0 Å². The summed E-state index contributed by atoms with van der Waals surface area (Å²) in [5.41, 5.74) is 2.07. The number of fused-ring (bicyclic) bond motifs is 2. The first-order valence-corrected chi connectivity index (χ1v) is 14.2. The smallest absolute Gasteiger partial charge is 0.341 e. The van der Waals surface area contributed by atoms with Gasteiger partial charge in [-0.2, -0.15) is 4.99 Å². The first-order valence-electron chi connectivity index (χ1n) is 11.4. The lowest BCUT2D eigenvalue weighted by Gasteiger charge is -2.11. The van der Waals surface area contributed by atoms with Crippen molar-refractivity contribution in [2.45, 2.75) is 32.2 Å². The minimum Gasteiger partial charge on any atom is -0.465 e. The number of anilines is 1. The van der Waals surface area contributed by atoms with Gasteiger partial charge in [0.1, 0.15) is 5.00 Å². The molecule has 0 aliphatic heterocycles. The number of hydrogen-bond acceptors (Lipinski definition) is 9. The van der Waals surface area contributed by atoms with Gasteiger partial charge in [0.2, 0.25) is 5.91 Å². The summed E-state index contributed by atoms with van der Waals surface area (Å²) in [6, 6.07) is 4.48. The number of nitrogens with one attached hydrogen (secondary N) is 1. The SMILES string of the molecule is C=CCn1c(=NC(=O)CSCC(=O)Nc2sc3c(c2C(=O)OC)CCCC3)sc2cc([N+](=O)[O-])ccc21. The second-order valence-electron chi connectivity index (χ2n) is 8.15. The summed E-state index contributed by atoms with van der Waals surface area (Å²) in [6.45, 7) is 4.11. The molecule has 194 valence electrons. The molecule has 13 heteroatoms. The van der Waals surface area contributed by atoms with Gasteiger partial charge in [-0.25, -0.2) is 4.79 Å². The number of thiophene rings is 1. The highest BCUT2D eigenvalue weighted by atomic mass is 32.2. The van der Waals surface area contributed by atoms with E-state index in [9.17, 15) is 24.5 Å². The Kier molecular flexibility index (Phi) is 8.56. The number of aromatic nitrogens is 1. The molecule has 0 unspecified atom stereocenters. The normalized spacial score (nSPS) is 13.3. The van der Waals surface area contributed by atoms with Crippen LogP contribution in [0.2, 0.25) is 0 Å². The van der Waals surface area contributed by atoms with Gasteiger partial charge in [0.15, 0.2) is 4.80 Å². The van der Waals surface area contributed by atoms with Gasteiger partial charge >= 0.3 is 5.97 Å². The van der Waals surface area contributed by atoms with E-state index in [2.05, 4.69) is 16.9 Å². The molecule has 1 N–H and O–H groups in total. The van der Waals surface area contributed by atoms with Crippen LogP contribution in [0.1, 0.15) is 33.6 Å². The Hall–Kier alpha value is -3.29. The third-order valence-electron chi connectivity index (χ3n) is 5.68. The van der Waals surface area contributed by atoms with Crippen LogP contribution < -0.4 is 10.1 Å². The molecule has 37 heavy (non-hydrogen) atoms. The van der Waals surface area contributed by atoms with Crippen LogP contribution in [0.5, 0.6) is 0 Å². The highest BCUT2D eigenvalue weighted by Gasteiger charge is 2.27. The van der Waals surface area contributed by atoms with E-state index < -0.39 is 16.8 Å². The van der Waals surface area contributed by atoms with E-state index in [1.165, 1.54) is 41.9 Å². The lowest BCUT2D eigenvalue weighted by molar-refractivity contribution is -0.384. The number of amides is 2. The van der Waals surface area contributed by atoms with Crippen molar-refractivity contribution >= 4 is 73.1 Å². The molecular formula is C24H24N4O6S3. The summed E-state index contributed by atoms with van der Waals surface area (Å²) in [5.74, 6) is -1.23. The van der Waals surface area contributed by atoms with Crippen LogP contribution in [0, 0.1) is 10.1 Å². The molecule has 3 aromatic rings. The predicted octanol–water partition coefficient (Wildman–Crippen LogP) is 4.32. The molecule has 0 saturated carbocycles. The fourth-order valence-electron chi connectivity index (χ4n) is 4.07. The van der Waals surface area contributed by atoms with Gasteiger partial charge < -0.3 is 14.6 Å². The summed E-state index contributed by atoms with van der Waals surface area (Å²) < 4.78 is 7.33. The lowest BCUT2D eigenvalue weighted by Crippen LogP contribution is -2.19. The molecule has 1 aliphatic carbocycles. The molecule has 2 amide bonds. The number of non-ortho nitro benzene ring substituents is 1. The fraction of sp³-hybridized carbons (Fsp3) is 0.333. The van der Waals surface area contributed by atoms with E-state index in [-0.39, 0.29) is 23.1 Å². The molecule has 0 spiro atoms. The number of carbonyl (C=O) groups excluding carboxylic acids is 3. The van der Waals surface area contributed by atoms with Crippen LogP contribution in [-0.2, 0) is 33.7 Å². The van der Waals surface area contributed by atoms with Gasteiger partial charge in [0.05, 0.1) is 39.3 Å². The van der Waals surface area contributed by atoms with E-state index in [0.717, 1.165) is 47.9 Å². The second kappa shape index (κ2) is 11.8. The minimum atomic E-state index is -0.472. The monoisotopic (exact) mass is 560 g/mol. The van der Waals surface area contributed by atoms with Crippen LogP contribution >= 0.6 is 34.4 Å². The number of allylic oxidation sites excluding steroid dienone is 1. The molecule has 4 rings (SSSR count). The number of rotatable bonds is 9. The van der Waals surface area contributed by atoms with E-state index >= 15 is 0 Å². The largest absolute Gasteiger partial charge is 0.465 e. The zero-order chi connectivity index (χ0) is 26.5. The number of hydrogen-bond donors (Lipinski definition) is 1. The van der Waals surface area contributed by atoms with E-state index in [0.29, 0.717) is 32.1 Å². The van der Waals surface area contributed by atoms with Gasteiger partial charge in [-0.3, -0.25) is 19.7 Å². The summed E-state index contributed by atoms with van der Waals surface area (Å²) in [5, 5.41) is 14.4. The Morgan fingerprint density at radius 3 is 2.78 bits per heavy atom. The number of thiazole rings is 1. The van der Waals surface area contributed by atoms with Gasteiger partial charge in [-0.1, -0.05) is 17.4 Å². The van der Waals surface area contributed by atoms with Crippen LogP contribution in [0.15, 0.2) is 35.8 Å². The molecule has 0 atom stereocenters. The number of nitro benzene ring substituents is 1. The van der Waals surface area contributed by atoms with Crippen molar-refractivity contribution in [3.05, 3.63) is 61.8 Å². The van der Waals surface area contributed by atoms with Crippen molar-refractivity contribution < 1.29 is 24.0 Å². The number of nitrogens with zero attached hydrogens (tertiary/aromatic N) is 3. The fourth-order valence-corrected chi connectivity index (χ4v) is 7.05. The first kappa shape index (κ1) is 26.8. The maximum atomic E-state index is 12.6.